The van der Waals surface area contributed by atoms with Gasteiger partial charge in [0.2, 0.25) is 0 Å². The Morgan fingerprint density at radius 2 is 1.32 bits per heavy atom. The molecule has 0 saturated heterocycles. The molecule has 0 N–H and O–H groups in total. The summed E-state index contributed by atoms with van der Waals surface area (Å²) in [6.45, 7) is 0. The van der Waals surface area contributed by atoms with Crippen LogP contribution in [0.5, 0.6) is 0 Å². The number of benzene rings is 3. The van der Waals surface area contributed by atoms with Crippen LogP contribution in [-0.4, -0.2) is 9.38 Å². The van der Waals surface area contributed by atoms with E-state index in [0.29, 0.717) is 0 Å². The second-order valence-electron chi connectivity index (χ2n) is 6.47. The standard InChI is InChI=1S/C23H14N2/c1-3-10-20-15(7-1)16-12-13-17(19-9-5-6-14-24-19)22-18-8-2-4-11-21(18)25(20)23(16)22/h1-14H. The molecule has 3 heterocycles. The lowest BCUT2D eigenvalue weighted by molar-refractivity contribution is 1.33. The highest BCUT2D eigenvalue weighted by atomic mass is 14.9. The van der Waals surface area contributed by atoms with Gasteiger partial charge in [-0.1, -0.05) is 54.6 Å². The number of fused-ring (bicyclic) bond motifs is 6. The van der Waals surface area contributed by atoms with Gasteiger partial charge in [-0.25, -0.2) is 0 Å². The highest BCUT2D eigenvalue weighted by Crippen LogP contribution is 2.42. The molecule has 2 nitrogen and oxygen atoms in total. The first-order valence-corrected chi connectivity index (χ1v) is 8.51. The van der Waals surface area contributed by atoms with Gasteiger partial charge in [-0.05, 0) is 24.3 Å². The molecule has 0 atom stereocenters. The third-order valence-corrected chi connectivity index (χ3v) is 5.19. The number of para-hydroxylation sites is 2. The topological polar surface area (TPSA) is 17.3 Å². The van der Waals surface area contributed by atoms with Gasteiger partial charge in [-0.15, -0.1) is 0 Å². The van der Waals surface area contributed by atoms with Crippen LogP contribution in [0.25, 0.3) is 49.4 Å². The van der Waals surface area contributed by atoms with Crippen molar-refractivity contribution in [2.75, 3.05) is 0 Å². The van der Waals surface area contributed by atoms with Crippen LogP contribution in [0.2, 0.25) is 0 Å². The summed E-state index contributed by atoms with van der Waals surface area (Å²) in [6, 6.07) is 27.9. The van der Waals surface area contributed by atoms with Gasteiger partial charge in [0.25, 0.3) is 0 Å². The minimum Gasteiger partial charge on any atom is -0.308 e. The summed E-state index contributed by atoms with van der Waals surface area (Å²) in [5, 5.41) is 5.19. The molecule has 2 heteroatoms. The monoisotopic (exact) mass is 318 g/mol. The van der Waals surface area contributed by atoms with E-state index in [1.54, 1.807) is 0 Å². The van der Waals surface area contributed by atoms with Gasteiger partial charge in [0.05, 0.1) is 22.2 Å². The average molecular weight is 318 g/mol. The van der Waals surface area contributed by atoms with Crippen LogP contribution in [0.15, 0.2) is 85.1 Å². The molecule has 0 amide bonds. The van der Waals surface area contributed by atoms with Crippen LogP contribution in [0.1, 0.15) is 0 Å². The van der Waals surface area contributed by atoms with Crippen LogP contribution in [0.4, 0.5) is 0 Å². The highest BCUT2D eigenvalue weighted by molar-refractivity contribution is 6.26. The van der Waals surface area contributed by atoms with Crippen molar-refractivity contribution in [1.29, 1.82) is 0 Å². The number of hydrogen-bond acceptors (Lipinski definition) is 1. The molecular weight excluding hydrogens is 304 g/mol. The zero-order valence-electron chi connectivity index (χ0n) is 13.5. The molecule has 0 bridgehead atoms. The molecule has 0 unspecified atom stereocenters. The number of nitrogens with zero attached hydrogens (tertiary/aromatic N) is 2. The van der Waals surface area contributed by atoms with Gasteiger partial charge in [-0.2, -0.15) is 0 Å². The number of pyridine rings is 1. The Labute approximate surface area is 144 Å². The van der Waals surface area contributed by atoms with Crippen molar-refractivity contribution in [2.24, 2.45) is 0 Å². The normalized spacial score (nSPS) is 12.0. The van der Waals surface area contributed by atoms with Gasteiger partial charge in [0, 0.05) is 33.3 Å². The minimum atomic E-state index is 1.02. The average Bonchev–Trinajstić information content (AvgIpc) is 3.20. The quantitative estimate of drug-likeness (QED) is 0.369. The smallest absolute Gasteiger partial charge is 0.0708 e. The fraction of sp³-hybridized carbons (Fsp3) is 0. The molecule has 0 radical (unpaired) electrons. The second kappa shape index (κ2) is 4.58. The van der Waals surface area contributed by atoms with E-state index in [2.05, 4.69) is 82.2 Å². The van der Waals surface area contributed by atoms with Crippen LogP contribution in [0.3, 0.4) is 0 Å². The van der Waals surface area contributed by atoms with Crippen molar-refractivity contribution in [3.63, 3.8) is 0 Å². The maximum absolute atomic E-state index is 4.61. The molecular formula is C23H14N2. The first-order chi connectivity index (χ1) is 12.4. The van der Waals surface area contributed by atoms with Crippen molar-refractivity contribution in [3.8, 4) is 11.3 Å². The van der Waals surface area contributed by atoms with E-state index in [1.165, 1.54) is 43.7 Å². The maximum Gasteiger partial charge on any atom is 0.0708 e. The maximum atomic E-state index is 4.61. The molecule has 0 fully saturated rings. The van der Waals surface area contributed by atoms with Gasteiger partial charge >= 0.3 is 0 Å². The summed E-state index contributed by atoms with van der Waals surface area (Å²) in [6.07, 6.45) is 1.86. The van der Waals surface area contributed by atoms with Crippen LogP contribution in [0, 0.1) is 0 Å². The summed E-state index contributed by atoms with van der Waals surface area (Å²) in [4.78, 5) is 4.61. The second-order valence-corrected chi connectivity index (χ2v) is 6.47. The Kier molecular flexibility index (Phi) is 2.37. The van der Waals surface area contributed by atoms with Crippen LogP contribution >= 0.6 is 0 Å². The first-order valence-electron chi connectivity index (χ1n) is 8.51. The van der Waals surface area contributed by atoms with Crippen molar-refractivity contribution >= 4 is 38.1 Å². The van der Waals surface area contributed by atoms with Crippen LogP contribution in [-0.2, 0) is 0 Å². The molecule has 0 aliphatic carbocycles. The summed E-state index contributed by atoms with van der Waals surface area (Å²) in [5.41, 5.74) is 6.04. The SMILES string of the molecule is c1ccc(-c2ccc3c4ccccc4n4c5ccccc5c2c34)nc1. The Hall–Kier alpha value is -3.39. The number of aromatic nitrogens is 2. The van der Waals surface area contributed by atoms with Crippen molar-refractivity contribution in [3.05, 3.63) is 85.1 Å². The van der Waals surface area contributed by atoms with Gasteiger partial charge in [0.1, 0.15) is 0 Å². The zero-order valence-corrected chi connectivity index (χ0v) is 13.5. The lowest BCUT2D eigenvalue weighted by Gasteiger charge is -2.04. The largest absolute Gasteiger partial charge is 0.308 e. The Bertz CT molecular complexity index is 1380. The van der Waals surface area contributed by atoms with Crippen molar-refractivity contribution < 1.29 is 0 Å². The molecule has 0 saturated carbocycles. The van der Waals surface area contributed by atoms with E-state index in [0.717, 1.165) is 5.69 Å². The molecule has 0 spiro atoms. The van der Waals surface area contributed by atoms with Crippen molar-refractivity contribution in [1.82, 2.24) is 9.38 Å². The van der Waals surface area contributed by atoms with E-state index in [-0.39, 0.29) is 0 Å². The van der Waals surface area contributed by atoms with E-state index in [4.69, 9.17) is 0 Å². The summed E-state index contributed by atoms with van der Waals surface area (Å²) in [7, 11) is 0. The third-order valence-electron chi connectivity index (χ3n) is 5.19. The molecule has 116 valence electrons. The third kappa shape index (κ3) is 1.56. The molecule has 6 rings (SSSR count). The molecule has 0 aliphatic rings. The Balaban J connectivity index is 1.96. The number of hydrogen-bond donors (Lipinski definition) is 0. The van der Waals surface area contributed by atoms with Crippen molar-refractivity contribution in [2.45, 2.75) is 0 Å². The van der Waals surface area contributed by atoms with E-state index in [1.807, 2.05) is 12.3 Å². The first kappa shape index (κ1) is 13.0. The van der Waals surface area contributed by atoms with E-state index < -0.39 is 0 Å². The van der Waals surface area contributed by atoms with Gasteiger partial charge < -0.3 is 4.40 Å². The molecule has 0 aliphatic heterocycles. The predicted octanol–water partition coefficient (Wildman–Crippen LogP) is 5.90. The summed E-state index contributed by atoms with van der Waals surface area (Å²) >= 11 is 0. The fourth-order valence-corrected chi connectivity index (χ4v) is 4.20. The van der Waals surface area contributed by atoms with Gasteiger partial charge in [-0.3, -0.25) is 4.98 Å². The summed E-state index contributed by atoms with van der Waals surface area (Å²) < 4.78 is 2.40. The number of rotatable bonds is 1. The highest BCUT2D eigenvalue weighted by Gasteiger charge is 2.19. The Morgan fingerprint density at radius 3 is 2.12 bits per heavy atom. The van der Waals surface area contributed by atoms with E-state index in [9.17, 15) is 0 Å². The lowest BCUT2D eigenvalue weighted by Crippen LogP contribution is -1.83. The zero-order chi connectivity index (χ0) is 16.4. The summed E-state index contributed by atoms with van der Waals surface area (Å²) in [5.74, 6) is 0. The molecule has 3 aromatic heterocycles. The minimum absolute atomic E-state index is 1.02. The van der Waals surface area contributed by atoms with Crippen LogP contribution < -0.4 is 0 Å². The van der Waals surface area contributed by atoms with E-state index >= 15 is 0 Å². The fourth-order valence-electron chi connectivity index (χ4n) is 4.20. The molecule has 25 heavy (non-hydrogen) atoms. The Morgan fingerprint density at radius 1 is 0.600 bits per heavy atom. The van der Waals surface area contributed by atoms with Gasteiger partial charge in [0.15, 0.2) is 0 Å². The lowest BCUT2D eigenvalue weighted by atomic mass is 10.0. The molecule has 6 aromatic rings. The predicted molar refractivity (Wildman–Crippen MR) is 104 cm³/mol. The molecule has 3 aromatic carbocycles.